The number of nitrogens with one attached hydrogen (secondary N) is 2. The summed E-state index contributed by atoms with van der Waals surface area (Å²) < 4.78 is 11.5. The quantitative estimate of drug-likeness (QED) is 0.340. The molecular formula is C20H31IN4O3. The molecule has 156 valence electrons. The molecule has 1 aromatic carbocycles. The lowest BCUT2D eigenvalue weighted by Crippen LogP contribution is -2.47. The maximum atomic E-state index is 11.7. The number of likely N-dealkylation sites (N-methyl/N-ethyl adjacent to an activating group) is 1. The van der Waals surface area contributed by atoms with Crippen LogP contribution in [0.2, 0.25) is 0 Å². The van der Waals surface area contributed by atoms with Crippen molar-refractivity contribution in [3.05, 3.63) is 29.8 Å². The highest BCUT2D eigenvalue weighted by Gasteiger charge is 2.41. The molecule has 2 fully saturated rings. The lowest BCUT2D eigenvalue weighted by Gasteiger charge is -2.22. The summed E-state index contributed by atoms with van der Waals surface area (Å²) in [5.74, 6) is 1.43. The summed E-state index contributed by atoms with van der Waals surface area (Å²) in [5, 5.41) is 6.83. The summed E-state index contributed by atoms with van der Waals surface area (Å²) in [6.45, 7) is 3.44. The van der Waals surface area contributed by atoms with Crippen LogP contribution in [-0.4, -0.2) is 62.3 Å². The molecule has 3 atom stereocenters. The normalized spacial score (nSPS) is 23.1. The third-order valence-corrected chi connectivity index (χ3v) is 4.95. The van der Waals surface area contributed by atoms with Crippen LogP contribution in [0.1, 0.15) is 31.7 Å². The highest BCUT2D eigenvalue weighted by molar-refractivity contribution is 14.0. The molecule has 0 aliphatic carbocycles. The zero-order valence-electron chi connectivity index (χ0n) is 16.8. The number of ether oxygens (including phenoxy) is 2. The van der Waals surface area contributed by atoms with Crippen molar-refractivity contribution in [3.8, 4) is 5.75 Å². The van der Waals surface area contributed by atoms with Crippen molar-refractivity contribution in [2.45, 2.75) is 51.0 Å². The first-order chi connectivity index (χ1) is 13.0. The number of halogens is 1. The van der Waals surface area contributed by atoms with Crippen LogP contribution in [0.3, 0.4) is 0 Å². The highest BCUT2D eigenvalue weighted by Crippen LogP contribution is 2.34. The first-order valence-corrected chi connectivity index (χ1v) is 9.67. The van der Waals surface area contributed by atoms with Gasteiger partial charge in [0.15, 0.2) is 12.6 Å². The Morgan fingerprint density at radius 3 is 2.82 bits per heavy atom. The van der Waals surface area contributed by atoms with Crippen molar-refractivity contribution in [2.24, 2.45) is 4.99 Å². The number of hydrogen-bond donors (Lipinski definition) is 2. The zero-order chi connectivity index (χ0) is 19.2. The number of nitrogens with zero attached hydrogens (tertiary/aromatic N) is 2. The first kappa shape index (κ1) is 22.7. The predicted octanol–water partition coefficient (Wildman–Crippen LogP) is 2.15. The highest BCUT2D eigenvalue weighted by atomic mass is 127. The molecule has 7 nitrogen and oxygen atoms in total. The van der Waals surface area contributed by atoms with Crippen LogP contribution in [0.4, 0.5) is 0 Å². The molecule has 28 heavy (non-hydrogen) atoms. The smallest absolute Gasteiger partial charge is 0.259 e. The Balaban J connectivity index is 0.00000280. The average Bonchev–Trinajstić information content (AvgIpc) is 3.27. The van der Waals surface area contributed by atoms with Gasteiger partial charge in [-0.05, 0) is 43.9 Å². The number of hydrogen-bond acceptors (Lipinski definition) is 4. The maximum Gasteiger partial charge on any atom is 0.259 e. The van der Waals surface area contributed by atoms with Gasteiger partial charge in [-0.3, -0.25) is 4.79 Å². The van der Waals surface area contributed by atoms with E-state index >= 15 is 0 Å². The minimum absolute atomic E-state index is 0. The fourth-order valence-corrected chi connectivity index (χ4v) is 3.46. The Hall–Kier alpha value is -1.55. The Morgan fingerprint density at radius 2 is 2.18 bits per heavy atom. The molecule has 2 N–H and O–H groups in total. The van der Waals surface area contributed by atoms with Crippen molar-refractivity contribution in [1.82, 2.24) is 15.5 Å². The lowest BCUT2D eigenvalue weighted by atomic mass is 9.96. The minimum atomic E-state index is -0.0647. The Morgan fingerprint density at radius 1 is 1.36 bits per heavy atom. The van der Waals surface area contributed by atoms with Crippen LogP contribution >= 0.6 is 24.0 Å². The van der Waals surface area contributed by atoms with E-state index in [1.54, 1.807) is 14.1 Å². The molecule has 2 aliphatic heterocycles. The van der Waals surface area contributed by atoms with Gasteiger partial charge in [0.1, 0.15) is 5.75 Å². The van der Waals surface area contributed by atoms with Gasteiger partial charge in [-0.1, -0.05) is 12.1 Å². The van der Waals surface area contributed by atoms with Gasteiger partial charge >= 0.3 is 0 Å². The second-order valence-electron chi connectivity index (χ2n) is 7.28. The van der Waals surface area contributed by atoms with Gasteiger partial charge in [0.25, 0.3) is 5.91 Å². The lowest BCUT2D eigenvalue weighted by molar-refractivity contribution is -0.130. The second kappa shape index (κ2) is 10.8. The van der Waals surface area contributed by atoms with Gasteiger partial charge in [0.2, 0.25) is 0 Å². The fourth-order valence-electron chi connectivity index (χ4n) is 3.46. The summed E-state index contributed by atoms with van der Waals surface area (Å²) in [4.78, 5) is 17.9. The standard InChI is InChI=1S/C20H30N4O3.HI/c1-4-21-20(23-17-11-16-8-9-18(17)27-16)22-12-14-6-5-7-15(10-14)26-13-19(25)24(2)3;/h5-7,10,16-18H,4,8-9,11-13H2,1-3H3,(H2,21,22,23);1H. The number of carbonyl (C=O) groups is 1. The molecule has 3 rings (SSSR count). The van der Waals surface area contributed by atoms with Crippen molar-refractivity contribution < 1.29 is 14.3 Å². The van der Waals surface area contributed by atoms with E-state index < -0.39 is 0 Å². The van der Waals surface area contributed by atoms with Gasteiger partial charge in [0, 0.05) is 20.6 Å². The van der Waals surface area contributed by atoms with Gasteiger partial charge < -0.3 is 25.0 Å². The predicted molar refractivity (Wildman–Crippen MR) is 120 cm³/mol. The molecule has 0 aromatic heterocycles. The van der Waals surface area contributed by atoms with Crippen molar-refractivity contribution >= 4 is 35.8 Å². The van der Waals surface area contributed by atoms with Gasteiger partial charge in [-0.15, -0.1) is 24.0 Å². The maximum absolute atomic E-state index is 11.7. The molecule has 2 saturated heterocycles. The third kappa shape index (κ3) is 6.23. The van der Waals surface area contributed by atoms with Gasteiger partial charge in [-0.25, -0.2) is 4.99 Å². The Kier molecular flexibility index (Phi) is 8.81. The minimum Gasteiger partial charge on any atom is -0.484 e. The average molecular weight is 502 g/mol. The molecule has 0 spiro atoms. The molecule has 1 aromatic rings. The van der Waals surface area contributed by atoms with Crippen molar-refractivity contribution in [2.75, 3.05) is 27.2 Å². The fraction of sp³-hybridized carbons (Fsp3) is 0.600. The number of guanidine groups is 1. The Bertz CT molecular complexity index is 683. The van der Waals surface area contributed by atoms with Crippen LogP contribution in [0.15, 0.2) is 29.3 Å². The van der Waals surface area contributed by atoms with E-state index in [0.717, 1.165) is 30.9 Å². The number of benzene rings is 1. The van der Waals surface area contributed by atoms with Crippen LogP contribution in [0.5, 0.6) is 5.75 Å². The number of fused-ring (bicyclic) bond motifs is 2. The summed E-state index contributed by atoms with van der Waals surface area (Å²) in [7, 11) is 3.43. The second-order valence-corrected chi connectivity index (χ2v) is 7.28. The van der Waals surface area contributed by atoms with E-state index in [1.807, 2.05) is 24.3 Å². The molecule has 2 bridgehead atoms. The van der Waals surface area contributed by atoms with Crippen molar-refractivity contribution in [3.63, 3.8) is 0 Å². The van der Waals surface area contributed by atoms with Crippen LogP contribution in [0, 0.1) is 0 Å². The van der Waals surface area contributed by atoms with E-state index in [4.69, 9.17) is 14.5 Å². The molecule has 0 radical (unpaired) electrons. The summed E-state index contributed by atoms with van der Waals surface area (Å²) in [6.07, 6.45) is 4.09. The van der Waals surface area contributed by atoms with E-state index in [0.29, 0.717) is 30.5 Å². The third-order valence-electron chi connectivity index (χ3n) is 4.95. The number of aliphatic imine (C=N–C) groups is 1. The van der Waals surface area contributed by atoms with Crippen LogP contribution < -0.4 is 15.4 Å². The molecule has 2 heterocycles. The molecule has 1 amide bonds. The summed E-state index contributed by atoms with van der Waals surface area (Å²) in [6, 6.07) is 8.05. The molecule has 2 aliphatic rings. The van der Waals surface area contributed by atoms with E-state index in [1.165, 1.54) is 11.3 Å². The topological polar surface area (TPSA) is 75.2 Å². The number of carbonyl (C=O) groups excluding carboxylic acids is 1. The summed E-state index contributed by atoms with van der Waals surface area (Å²) >= 11 is 0. The molecule has 0 saturated carbocycles. The van der Waals surface area contributed by atoms with Gasteiger partial charge in [-0.2, -0.15) is 0 Å². The number of amides is 1. The van der Waals surface area contributed by atoms with Gasteiger partial charge in [0.05, 0.1) is 24.8 Å². The Labute approximate surface area is 184 Å². The van der Waals surface area contributed by atoms with Crippen LogP contribution in [-0.2, 0) is 16.1 Å². The zero-order valence-corrected chi connectivity index (χ0v) is 19.1. The SMILES string of the molecule is CCNC(=NCc1cccc(OCC(=O)N(C)C)c1)NC1CC2CCC1O2.I. The van der Waals surface area contributed by atoms with E-state index in [9.17, 15) is 4.79 Å². The van der Waals surface area contributed by atoms with Crippen LogP contribution in [0.25, 0.3) is 0 Å². The molecular weight excluding hydrogens is 471 g/mol. The van der Waals surface area contributed by atoms with E-state index in [-0.39, 0.29) is 36.5 Å². The monoisotopic (exact) mass is 502 g/mol. The van der Waals surface area contributed by atoms with Crippen molar-refractivity contribution in [1.29, 1.82) is 0 Å². The molecule has 8 heteroatoms. The summed E-state index contributed by atoms with van der Waals surface area (Å²) in [5.41, 5.74) is 1.03. The first-order valence-electron chi connectivity index (χ1n) is 9.67. The number of rotatable bonds is 7. The van der Waals surface area contributed by atoms with E-state index in [2.05, 4.69) is 17.6 Å². The molecule has 3 unspecified atom stereocenters. The largest absolute Gasteiger partial charge is 0.484 e.